The molecule has 0 spiro atoms. The minimum atomic E-state index is -1.36. The lowest BCUT2D eigenvalue weighted by atomic mass is 9.63. The Morgan fingerprint density at radius 2 is 1.72 bits per heavy atom. The highest BCUT2D eigenvalue weighted by molar-refractivity contribution is 5.94. The van der Waals surface area contributed by atoms with Crippen LogP contribution in [0.4, 0.5) is 0 Å². The Morgan fingerprint density at radius 3 is 2.19 bits per heavy atom. The number of allylic oxidation sites excluding steroid dienone is 3. The second-order valence-electron chi connectivity index (χ2n) is 9.24. The molecule has 1 aliphatic rings. The molecule has 2 unspecified atom stereocenters. The molecular formula is C27H36O5. The number of benzene rings is 1. The average Bonchev–Trinajstić information content (AvgIpc) is 2.72. The second kappa shape index (κ2) is 10.7. The van der Waals surface area contributed by atoms with Gasteiger partial charge in [0, 0.05) is 11.5 Å². The molecule has 1 aromatic rings. The summed E-state index contributed by atoms with van der Waals surface area (Å²) in [5, 5.41) is 20.3. The van der Waals surface area contributed by atoms with Gasteiger partial charge in [0.15, 0.2) is 0 Å². The molecule has 2 N–H and O–H groups in total. The first-order valence-electron chi connectivity index (χ1n) is 11.4. The molecule has 32 heavy (non-hydrogen) atoms. The third kappa shape index (κ3) is 5.50. The largest absolute Gasteiger partial charge is 0.494 e. The van der Waals surface area contributed by atoms with E-state index in [-0.39, 0.29) is 17.4 Å². The SMILES string of the molecule is CCCCOc1ccc(C=CC2C(C(=O)O)=C(C(C)C)C(C(C)C)=CC2(C)C(=O)O)cc1. The zero-order chi connectivity index (χ0) is 24.1. The van der Waals surface area contributed by atoms with Gasteiger partial charge in [0.25, 0.3) is 0 Å². The van der Waals surface area contributed by atoms with Crippen LogP contribution < -0.4 is 4.74 Å². The monoisotopic (exact) mass is 440 g/mol. The van der Waals surface area contributed by atoms with Gasteiger partial charge in [-0.25, -0.2) is 4.79 Å². The van der Waals surface area contributed by atoms with Crippen molar-refractivity contribution in [3.05, 3.63) is 58.7 Å². The van der Waals surface area contributed by atoms with Gasteiger partial charge in [-0.15, -0.1) is 0 Å². The number of rotatable bonds is 10. The van der Waals surface area contributed by atoms with E-state index in [1.54, 1.807) is 25.2 Å². The number of carboxylic acid groups (broad SMARTS) is 2. The van der Waals surface area contributed by atoms with Crippen LogP contribution in [0.25, 0.3) is 6.08 Å². The lowest BCUT2D eigenvalue weighted by molar-refractivity contribution is -0.147. The van der Waals surface area contributed by atoms with Crippen molar-refractivity contribution in [1.29, 1.82) is 0 Å². The summed E-state index contributed by atoms with van der Waals surface area (Å²) in [5.74, 6) is -2.14. The Kier molecular flexibility index (Phi) is 8.48. The van der Waals surface area contributed by atoms with Crippen LogP contribution in [0.1, 0.15) is 59.9 Å². The molecule has 0 radical (unpaired) electrons. The molecule has 0 aromatic heterocycles. The quantitative estimate of drug-likeness (QED) is 0.422. The van der Waals surface area contributed by atoms with Gasteiger partial charge in [-0.1, -0.05) is 71.4 Å². The number of ether oxygens (including phenoxy) is 1. The van der Waals surface area contributed by atoms with Crippen LogP contribution in [0.5, 0.6) is 5.75 Å². The number of unbranched alkanes of at least 4 members (excludes halogenated alkanes) is 1. The molecule has 1 aromatic carbocycles. The summed E-state index contributed by atoms with van der Waals surface area (Å²) in [6, 6.07) is 7.52. The standard InChI is InChI=1S/C27H36O5/c1-7-8-15-32-20-12-9-19(10-13-20)11-14-22-24(25(28)29)23(18(4)5)21(17(2)3)16-27(22,6)26(30)31/h9-14,16-18,22H,7-8,15H2,1-6H3,(H,28,29)(H,30,31). The molecule has 0 heterocycles. The van der Waals surface area contributed by atoms with Gasteiger partial charge < -0.3 is 14.9 Å². The molecule has 0 bridgehead atoms. The van der Waals surface area contributed by atoms with E-state index >= 15 is 0 Å². The molecule has 2 atom stereocenters. The van der Waals surface area contributed by atoms with Gasteiger partial charge in [-0.05, 0) is 54.0 Å². The van der Waals surface area contributed by atoms with E-state index < -0.39 is 23.3 Å². The lowest BCUT2D eigenvalue weighted by Gasteiger charge is -2.39. The third-order valence-corrected chi connectivity index (χ3v) is 6.03. The zero-order valence-electron chi connectivity index (χ0n) is 20.0. The highest BCUT2D eigenvalue weighted by atomic mass is 16.5. The summed E-state index contributed by atoms with van der Waals surface area (Å²) in [4.78, 5) is 24.8. The van der Waals surface area contributed by atoms with Gasteiger partial charge in [0.2, 0.25) is 0 Å². The average molecular weight is 441 g/mol. The summed E-state index contributed by atoms with van der Waals surface area (Å²) < 4.78 is 5.69. The van der Waals surface area contributed by atoms with Gasteiger partial charge in [0.05, 0.1) is 12.0 Å². The maximum atomic E-state index is 12.4. The fourth-order valence-corrected chi connectivity index (χ4v) is 4.19. The predicted molar refractivity (Wildman–Crippen MR) is 128 cm³/mol. The molecule has 0 amide bonds. The number of hydrogen-bond donors (Lipinski definition) is 2. The maximum absolute atomic E-state index is 12.4. The zero-order valence-corrected chi connectivity index (χ0v) is 20.0. The highest BCUT2D eigenvalue weighted by Crippen LogP contribution is 2.47. The van der Waals surface area contributed by atoms with Gasteiger partial charge >= 0.3 is 11.9 Å². The highest BCUT2D eigenvalue weighted by Gasteiger charge is 2.47. The van der Waals surface area contributed by atoms with Crippen molar-refractivity contribution in [1.82, 2.24) is 0 Å². The van der Waals surface area contributed by atoms with Gasteiger partial charge in [-0.3, -0.25) is 4.79 Å². The summed E-state index contributed by atoms with van der Waals surface area (Å²) in [6.45, 7) is 12.2. The van der Waals surface area contributed by atoms with Crippen LogP contribution in [-0.4, -0.2) is 28.8 Å². The van der Waals surface area contributed by atoms with E-state index in [1.165, 1.54) is 0 Å². The smallest absolute Gasteiger partial charge is 0.332 e. The van der Waals surface area contributed by atoms with Crippen LogP contribution in [0.2, 0.25) is 0 Å². The van der Waals surface area contributed by atoms with Crippen LogP contribution in [0.3, 0.4) is 0 Å². The van der Waals surface area contributed by atoms with E-state index in [2.05, 4.69) is 6.92 Å². The minimum absolute atomic E-state index is 0.0191. The predicted octanol–water partition coefficient (Wildman–Crippen LogP) is 6.22. The van der Waals surface area contributed by atoms with Crippen LogP contribution in [0, 0.1) is 23.2 Å². The molecule has 0 saturated carbocycles. The van der Waals surface area contributed by atoms with Crippen molar-refractivity contribution in [3.63, 3.8) is 0 Å². The molecule has 5 nitrogen and oxygen atoms in total. The summed E-state index contributed by atoms with van der Waals surface area (Å²) in [7, 11) is 0. The van der Waals surface area contributed by atoms with Crippen LogP contribution in [-0.2, 0) is 9.59 Å². The Bertz CT molecular complexity index is 918. The molecule has 2 rings (SSSR count). The van der Waals surface area contributed by atoms with Gasteiger partial charge in [-0.2, -0.15) is 0 Å². The number of hydrogen-bond acceptors (Lipinski definition) is 3. The minimum Gasteiger partial charge on any atom is -0.494 e. The molecule has 174 valence electrons. The van der Waals surface area contributed by atoms with E-state index in [0.717, 1.165) is 35.3 Å². The first kappa shape index (κ1) is 25.4. The van der Waals surface area contributed by atoms with Crippen LogP contribution in [0.15, 0.2) is 53.1 Å². The first-order chi connectivity index (χ1) is 15.0. The molecule has 0 fully saturated rings. The van der Waals surface area contributed by atoms with Crippen molar-refractivity contribution < 1.29 is 24.5 Å². The van der Waals surface area contributed by atoms with Crippen LogP contribution >= 0.6 is 0 Å². The molecule has 0 saturated heterocycles. The Labute approximate surface area is 191 Å². The second-order valence-corrected chi connectivity index (χ2v) is 9.24. The van der Waals surface area contributed by atoms with Crippen molar-refractivity contribution in [3.8, 4) is 5.75 Å². The fourth-order valence-electron chi connectivity index (χ4n) is 4.19. The summed E-state index contributed by atoms with van der Waals surface area (Å²) >= 11 is 0. The molecule has 0 aliphatic heterocycles. The summed E-state index contributed by atoms with van der Waals surface area (Å²) in [5.41, 5.74) is 1.22. The van der Waals surface area contributed by atoms with E-state index in [4.69, 9.17) is 4.74 Å². The maximum Gasteiger partial charge on any atom is 0.332 e. The Hall–Kier alpha value is -2.82. The molecule has 5 heteroatoms. The lowest BCUT2D eigenvalue weighted by Crippen LogP contribution is -2.40. The van der Waals surface area contributed by atoms with Crippen molar-refractivity contribution in [2.75, 3.05) is 6.61 Å². The van der Waals surface area contributed by atoms with Gasteiger partial charge in [0.1, 0.15) is 5.75 Å². The Balaban J connectivity index is 2.50. The van der Waals surface area contributed by atoms with E-state index in [0.29, 0.717) is 6.61 Å². The Morgan fingerprint density at radius 1 is 1.09 bits per heavy atom. The normalized spacial score (nSPS) is 21.4. The fraction of sp³-hybridized carbons (Fsp3) is 0.481. The number of carbonyl (C=O) groups is 2. The van der Waals surface area contributed by atoms with E-state index in [9.17, 15) is 19.8 Å². The third-order valence-electron chi connectivity index (χ3n) is 6.03. The topological polar surface area (TPSA) is 83.8 Å². The molecular weight excluding hydrogens is 404 g/mol. The van der Waals surface area contributed by atoms with Crippen molar-refractivity contribution in [2.45, 2.75) is 54.4 Å². The van der Waals surface area contributed by atoms with E-state index in [1.807, 2.05) is 52.0 Å². The van der Waals surface area contributed by atoms with Crippen molar-refractivity contribution in [2.24, 2.45) is 23.2 Å². The molecule has 1 aliphatic carbocycles. The van der Waals surface area contributed by atoms with Crippen molar-refractivity contribution >= 4 is 18.0 Å². The number of aliphatic carboxylic acids is 2. The first-order valence-corrected chi connectivity index (χ1v) is 11.4. The number of carboxylic acids is 2. The summed E-state index contributed by atoms with van der Waals surface area (Å²) in [6.07, 6.45) is 7.35.